The van der Waals surface area contributed by atoms with Crippen LogP contribution in [0.5, 0.6) is 5.75 Å². The van der Waals surface area contributed by atoms with Gasteiger partial charge in [-0.1, -0.05) is 6.07 Å². The van der Waals surface area contributed by atoms with Crippen LogP contribution >= 0.6 is 0 Å². The number of likely N-dealkylation sites (N-methyl/N-ethyl adjacent to an activating group) is 1. The highest BCUT2D eigenvalue weighted by atomic mass is 19.1. The van der Waals surface area contributed by atoms with Gasteiger partial charge in [0.25, 0.3) is 0 Å². The second-order valence-electron chi connectivity index (χ2n) is 5.12. The van der Waals surface area contributed by atoms with Crippen molar-refractivity contribution in [2.75, 3.05) is 19.5 Å². The van der Waals surface area contributed by atoms with Gasteiger partial charge in [0.05, 0.1) is 13.2 Å². The number of nitrogens with one attached hydrogen (secondary N) is 1. The molecule has 0 aliphatic heterocycles. The first-order valence-corrected chi connectivity index (χ1v) is 7.12. The van der Waals surface area contributed by atoms with Gasteiger partial charge in [-0.3, -0.25) is 15.0 Å². The second-order valence-corrected chi connectivity index (χ2v) is 5.12. The predicted molar refractivity (Wildman–Crippen MR) is 84.5 cm³/mol. The van der Waals surface area contributed by atoms with E-state index in [0.29, 0.717) is 6.54 Å². The normalized spacial score (nSPS) is 12.0. The van der Waals surface area contributed by atoms with E-state index in [1.165, 1.54) is 13.2 Å². The van der Waals surface area contributed by atoms with Gasteiger partial charge in [-0.25, -0.2) is 14.4 Å². The number of amides is 1. The third-order valence-electron chi connectivity index (χ3n) is 3.49. The second kappa shape index (κ2) is 7.64. The fraction of sp³-hybridized carbons (Fsp3) is 0.312. The van der Waals surface area contributed by atoms with E-state index in [1.54, 1.807) is 49.5 Å². The number of methoxy groups -OCH3 is 1. The largest absolute Gasteiger partial charge is 0.494 e. The van der Waals surface area contributed by atoms with Crippen LogP contribution in [0.3, 0.4) is 0 Å². The molecule has 7 heteroatoms. The standard InChI is InChI=1S/C16H19FN4O2/c1-11(15(22)20-16-18-7-4-8-19-16)21(2)10-12-5-6-14(23-3)13(17)9-12/h4-9,11H,10H2,1-3H3,(H,18,19,20,22). The molecule has 1 heterocycles. The Morgan fingerprint density at radius 3 is 2.70 bits per heavy atom. The molecule has 0 spiro atoms. The number of benzene rings is 1. The van der Waals surface area contributed by atoms with Gasteiger partial charge in [0.15, 0.2) is 11.6 Å². The van der Waals surface area contributed by atoms with Gasteiger partial charge in [-0.15, -0.1) is 0 Å². The molecular weight excluding hydrogens is 299 g/mol. The summed E-state index contributed by atoms with van der Waals surface area (Å²) in [5, 5.41) is 2.64. The Balaban J connectivity index is 1.97. The molecular formula is C16H19FN4O2. The summed E-state index contributed by atoms with van der Waals surface area (Å²) in [4.78, 5) is 21.9. The maximum atomic E-state index is 13.7. The molecule has 1 amide bonds. The maximum absolute atomic E-state index is 13.7. The average Bonchev–Trinajstić information content (AvgIpc) is 2.55. The molecule has 1 aromatic heterocycles. The third-order valence-corrected chi connectivity index (χ3v) is 3.49. The molecule has 0 saturated heterocycles. The molecule has 1 N–H and O–H groups in total. The van der Waals surface area contributed by atoms with Gasteiger partial charge in [0.1, 0.15) is 0 Å². The summed E-state index contributed by atoms with van der Waals surface area (Å²) in [5.74, 6) is -0.197. The first-order chi connectivity index (χ1) is 11.0. The monoisotopic (exact) mass is 318 g/mol. The maximum Gasteiger partial charge on any atom is 0.243 e. The number of nitrogens with zero attached hydrogens (tertiary/aromatic N) is 3. The van der Waals surface area contributed by atoms with Crippen molar-refractivity contribution >= 4 is 11.9 Å². The van der Waals surface area contributed by atoms with E-state index in [2.05, 4.69) is 15.3 Å². The van der Waals surface area contributed by atoms with Gasteiger partial charge < -0.3 is 4.74 Å². The highest BCUT2D eigenvalue weighted by molar-refractivity contribution is 5.92. The first kappa shape index (κ1) is 16.8. The van der Waals surface area contributed by atoms with Crippen molar-refractivity contribution in [2.24, 2.45) is 0 Å². The van der Waals surface area contributed by atoms with Crippen molar-refractivity contribution in [3.8, 4) is 5.75 Å². The van der Waals surface area contributed by atoms with Crippen LogP contribution in [0, 0.1) is 5.82 Å². The molecule has 1 unspecified atom stereocenters. The number of hydrogen-bond acceptors (Lipinski definition) is 5. The zero-order valence-corrected chi connectivity index (χ0v) is 13.3. The van der Waals surface area contributed by atoms with Crippen LogP contribution in [0.4, 0.5) is 10.3 Å². The smallest absolute Gasteiger partial charge is 0.243 e. The zero-order valence-electron chi connectivity index (χ0n) is 13.3. The molecule has 0 bridgehead atoms. The number of hydrogen-bond donors (Lipinski definition) is 1. The molecule has 1 aromatic carbocycles. The number of aromatic nitrogens is 2. The Labute approximate surface area is 134 Å². The number of ether oxygens (including phenoxy) is 1. The van der Waals surface area contributed by atoms with E-state index in [-0.39, 0.29) is 17.6 Å². The summed E-state index contributed by atoms with van der Waals surface area (Å²) < 4.78 is 18.6. The predicted octanol–water partition coefficient (Wildman–Crippen LogP) is 2.08. The molecule has 0 fully saturated rings. The summed E-state index contributed by atoms with van der Waals surface area (Å²) in [6.45, 7) is 2.18. The van der Waals surface area contributed by atoms with E-state index in [4.69, 9.17) is 4.74 Å². The van der Waals surface area contributed by atoms with Gasteiger partial charge in [-0.05, 0) is 37.7 Å². The summed E-state index contributed by atoms with van der Waals surface area (Å²) >= 11 is 0. The van der Waals surface area contributed by atoms with Gasteiger partial charge >= 0.3 is 0 Å². The highest BCUT2D eigenvalue weighted by Gasteiger charge is 2.19. The molecule has 0 radical (unpaired) electrons. The van der Waals surface area contributed by atoms with E-state index in [0.717, 1.165) is 5.56 Å². The molecule has 2 rings (SSSR count). The van der Waals surface area contributed by atoms with E-state index in [1.807, 2.05) is 0 Å². The lowest BCUT2D eigenvalue weighted by atomic mass is 10.1. The lowest BCUT2D eigenvalue weighted by Crippen LogP contribution is -2.39. The van der Waals surface area contributed by atoms with Crippen molar-refractivity contribution < 1.29 is 13.9 Å². The lowest BCUT2D eigenvalue weighted by molar-refractivity contribution is -0.120. The molecule has 1 atom stereocenters. The Morgan fingerprint density at radius 2 is 2.09 bits per heavy atom. The van der Waals surface area contributed by atoms with E-state index in [9.17, 15) is 9.18 Å². The average molecular weight is 318 g/mol. The number of carbonyl (C=O) groups excluding carboxylic acids is 1. The Morgan fingerprint density at radius 1 is 1.39 bits per heavy atom. The first-order valence-electron chi connectivity index (χ1n) is 7.12. The van der Waals surface area contributed by atoms with Crippen LogP contribution in [0.2, 0.25) is 0 Å². The summed E-state index contributed by atoms with van der Waals surface area (Å²) in [5.41, 5.74) is 0.751. The minimum absolute atomic E-state index is 0.198. The number of carbonyl (C=O) groups is 1. The molecule has 2 aromatic rings. The molecule has 6 nitrogen and oxygen atoms in total. The van der Waals surface area contributed by atoms with Crippen molar-refractivity contribution in [3.05, 3.63) is 48.0 Å². The molecule has 0 aliphatic rings. The SMILES string of the molecule is COc1ccc(CN(C)C(C)C(=O)Nc2ncccn2)cc1F. The van der Waals surface area contributed by atoms with Crippen LogP contribution in [0.1, 0.15) is 12.5 Å². The molecule has 0 saturated carbocycles. The van der Waals surface area contributed by atoms with E-state index >= 15 is 0 Å². The minimum atomic E-state index is -0.427. The van der Waals surface area contributed by atoms with Crippen molar-refractivity contribution in [1.82, 2.24) is 14.9 Å². The third kappa shape index (κ3) is 4.46. The van der Waals surface area contributed by atoms with Crippen LogP contribution in [-0.4, -0.2) is 41.0 Å². The highest BCUT2D eigenvalue weighted by Crippen LogP contribution is 2.19. The van der Waals surface area contributed by atoms with Crippen molar-refractivity contribution in [2.45, 2.75) is 19.5 Å². The van der Waals surface area contributed by atoms with Crippen molar-refractivity contribution in [1.29, 1.82) is 0 Å². The Bertz CT molecular complexity index is 666. The van der Waals surface area contributed by atoms with Crippen LogP contribution in [-0.2, 0) is 11.3 Å². The minimum Gasteiger partial charge on any atom is -0.494 e. The fourth-order valence-electron chi connectivity index (χ4n) is 2.01. The topological polar surface area (TPSA) is 67.3 Å². The Hall–Kier alpha value is -2.54. The molecule has 0 aliphatic carbocycles. The van der Waals surface area contributed by atoms with Crippen LogP contribution in [0.15, 0.2) is 36.7 Å². The van der Waals surface area contributed by atoms with Crippen LogP contribution < -0.4 is 10.1 Å². The number of rotatable bonds is 6. The van der Waals surface area contributed by atoms with E-state index < -0.39 is 11.9 Å². The number of anilines is 1. The zero-order chi connectivity index (χ0) is 16.8. The number of halogens is 1. The summed E-state index contributed by atoms with van der Waals surface area (Å²) in [6, 6.07) is 5.98. The Kier molecular flexibility index (Phi) is 5.59. The summed E-state index contributed by atoms with van der Waals surface area (Å²) in [7, 11) is 3.21. The lowest BCUT2D eigenvalue weighted by Gasteiger charge is -2.23. The van der Waals surface area contributed by atoms with Gasteiger partial charge in [0, 0.05) is 18.9 Å². The fourth-order valence-corrected chi connectivity index (χ4v) is 2.01. The van der Waals surface area contributed by atoms with Crippen LogP contribution in [0.25, 0.3) is 0 Å². The quantitative estimate of drug-likeness (QED) is 0.883. The molecule has 23 heavy (non-hydrogen) atoms. The van der Waals surface area contributed by atoms with Gasteiger partial charge in [0.2, 0.25) is 11.9 Å². The molecule has 122 valence electrons. The van der Waals surface area contributed by atoms with Gasteiger partial charge in [-0.2, -0.15) is 0 Å². The summed E-state index contributed by atoms with van der Waals surface area (Å²) in [6.07, 6.45) is 3.11. The van der Waals surface area contributed by atoms with Crippen molar-refractivity contribution in [3.63, 3.8) is 0 Å².